The van der Waals surface area contributed by atoms with Gasteiger partial charge in [0.2, 0.25) is 11.8 Å². The fourth-order valence-corrected chi connectivity index (χ4v) is 3.62. The average molecular weight is 490 g/mol. The molecular formula is C26H24FN5O4. The van der Waals surface area contributed by atoms with Crippen LogP contribution >= 0.6 is 0 Å². The Hall–Kier alpha value is -4.60. The van der Waals surface area contributed by atoms with Crippen LogP contribution in [0.3, 0.4) is 0 Å². The van der Waals surface area contributed by atoms with Crippen molar-refractivity contribution in [2.24, 2.45) is 0 Å². The van der Waals surface area contributed by atoms with E-state index in [-0.39, 0.29) is 24.9 Å². The van der Waals surface area contributed by atoms with E-state index in [1.165, 1.54) is 30.3 Å². The molecule has 1 aliphatic heterocycles. The van der Waals surface area contributed by atoms with Crippen LogP contribution < -0.4 is 15.5 Å². The number of benzene rings is 2. The maximum atomic E-state index is 14.9. The molecule has 184 valence electrons. The summed E-state index contributed by atoms with van der Waals surface area (Å²) in [6, 6.07) is 11.7. The van der Waals surface area contributed by atoms with Crippen molar-refractivity contribution >= 4 is 29.7 Å². The maximum Gasteiger partial charge on any atom is 0.414 e. The molecule has 1 fully saturated rings. The van der Waals surface area contributed by atoms with Crippen LogP contribution in [0, 0.1) is 5.82 Å². The third-order valence-electron chi connectivity index (χ3n) is 5.46. The molecule has 2 aromatic carbocycles. The molecule has 1 saturated heterocycles. The van der Waals surface area contributed by atoms with Crippen molar-refractivity contribution in [1.29, 1.82) is 0 Å². The highest BCUT2D eigenvalue weighted by Gasteiger charge is 2.32. The molecule has 0 bridgehead atoms. The molecule has 3 aromatic rings. The van der Waals surface area contributed by atoms with Crippen LogP contribution in [0.25, 0.3) is 17.2 Å². The van der Waals surface area contributed by atoms with Gasteiger partial charge in [0.1, 0.15) is 18.2 Å². The Labute approximate surface area is 207 Å². The Bertz CT molecular complexity index is 1280. The number of carbonyl (C=O) groups excluding carboxylic acids is 3. The lowest BCUT2D eigenvalue weighted by Crippen LogP contribution is -2.33. The summed E-state index contributed by atoms with van der Waals surface area (Å²) in [5.74, 6) is -0.963. The van der Waals surface area contributed by atoms with Crippen molar-refractivity contribution in [3.63, 3.8) is 0 Å². The summed E-state index contributed by atoms with van der Waals surface area (Å²) in [6.45, 7) is 2.11. The van der Waals surface area contributed by atoms with Crippen LogP contribution in [0.4, 0.5) is 14.9 Å². The van der Waals surface area contributed by atoms with E-state index in [1.54, 1.807) is 42.7 Å². The number of amides is 3. The number of nitrogens with zero attached hydrogens (tertiary/aromatic N) is 3. The van der Waals surface area contributed by atoms with Crippen LogP contribution in [-0.4, -0.2) is 47.1 Å². The molecule has 0 radical (unpaired) electrons. The number of nitrogens with one attached hydrogen (secondary N) is 2. The predicted molar refractivity (Wildman–Crippen MR) is 131 cm³/mol. The van der Waals surface area contributed by atoms with Crippen LogP contribution in [0.15, 0.2) is 67.3 Å². The van der Waals surface area contributed by atoms with Gasteiger partial charge in [0.15, 0.2) is 0 Å². The van der Waals surface area contributed by atoms with Gasteiger partial charge in [-0.3, -0.25) is 14.5 Å². The third-order valence-corrected chi connectivity index (χ3v) is 5.46. The van der Waals surface area contributed by atoms with Gasteiger partial charge in [0, 0.05) is 43.1 Å². The number of ether oxygens (including phenoxy) is 1. The number of rotatable bonds is 8. The zero-order chi connectivity index (χ0) is 25.5. The van der Waals surface area contributed by atoms with Crippen molar-refractivity contribution in [3.05, 3.63) is 84.2 Å². The molecule has 3 amide bonds. The first-order valence-electron chi connectivity index (χ1n) is 11.2. The van der Waals surface area contributed by atoms with Gasteiger partial charge in [0.25, 0.3) is 0 Å². The highest BCUT2D eigenvalue weighted by Crippen LogP contribution is 2.29. The Kier molecular flexibility index (Phi) is 7.64. The molecule has 0 saturated carbocycles. The lowest BCUT2D eigenvalue weighted by Gasteiger charge is -2.15. The van der Waals surface area contributed by atoms with Crippen LogP contribution in [0.1, 0.15) is 18.1 Å². The molecule has 2 heterocycles. The van der Waals surface area contributed by atoms with Gasteiger partial charge >= 0.3 is 6.09 Å². The van der Waals surface area contributed by atoms with Gasteiger partial charge in [-0.2, -0.15) is 0 Å². The molecule has 36 heavy (non-hydrogen) atoms. The van der Waals surface area contributed by atoms with Crippen LogP contribution in [0.5, 0.6) is 0 Å². The normalized spacial score (nSPS) is 15.1. The second-order valence-corrected chi connectivity index (χ2v) is 8.14. The van der Waals surface area contributed by atoms with Crippen LogP contribution in [-0.2, 0) is 20.9 Å². The zero-order valence-electron chi connectivity index (χ0n) is 19.5. The molecule has 10 heteroatoms. The standard InChI is InChI=1S/C26H24FN5O4/c1-17(33)30-14-22-15-32(26(35)36-22)21-7-8-23(24(27)10-21)20-5-2-18(3-6-20)13-31-25(34)9-4-19-11-28-16-29-12-19/h2-12,16,22H,13-15H2,1H3,(H,30,33)(H,31,34)/t22-/m0/s1. The molecule has 2 N–H and O–H groups in total. The zero-order valence-corrected chi connectivity index (χ0v) is 19.5. The Morgan fingerprint density at radius 1 is 1.14 bits per heavy atom. The number of anilines is 1. The second-order valence-electron chi connectivity index (χ2n) is 8.14. The summed E-state index contributed by atoms with van der Waals surface area (Å²) >= 11 is 0. The van der Waals surface area contributed by atoms with Gasteiger partial charge in [-0.1, -0.05) is 24.3 Å². The third kappa shape index (κ3) is 6.29. The summed E-state index contributed by atoms with van der Waals surface area (Å²) < 4.78 is 20.2. The van der Waals surface area contributed by atoms with E-state index in [9.17, 15) is 18.8 Å². The number of carbonyl (C=O) groups is 3. The first-order chi connectivity index (χ1) is 17.4. The maximum absolute atomic E-state index is 14.9. The lowest BCUT2D eigenvalue weighted by molar-refractivity contribution is -0.119. The Morgan fingerprint density at radius 3 is 2.58 bits per heavy atom. The van der Waals surface area contributed by atoms with Gasteiger partial charge in [-0.25, -0.2) is 19.2 Å². The molecule has 0 unspecified atom stereocenters. The van der Waals surface area contributed by atoms with Crippen molar-refractivity contribution in [1.82, 2.24) is 20.6 Å². The van der Waals surface area contributed by atoms with Gasteiger partial charge in [-0.15, -0.1) is 0 Å². The monoisotopic (exact) mass is 489 g/mol. The number of aromatic nitrogens is 2. The summed E-state index contributed by atoms with van der Waals surface area (Å²) in [7, 11) is 0. The largest absolute Gasteiger partial charge is 0.442 e. The van der Waals surface area contributed by atoms with E-state index >= 15 is 0 Å². The van der Waals surface area contributed by atoms with E-state index in [4.69, 9.17) is 4.74 Å². The summed E-state index contributed by atoms with van der Waals surface area (Å²) in [4.78, 5) is 44.4. The summed E-state index contributed by atoms with van der Waals surface area (Å²) in [6.07, 6.45) is 6.55. The van der Waals surface area contributed by atoms with E-state index in [2.05, 4.69) is 20.6 Å². The highest BCUT2D eigenvalue weighted by molar-refractivity contribution is 5.91. The minimum Gasteiger partial charge on any atom is -0.442 e. The molecule has 9 nitrogen and oxygen atoms in total. The van der Waals surface area contributed by atoms with Crippen molar-refractivity contribution in [3.8, 4) is 11.1 Å². The first kappa shape index (κ1) is 24.5. The predicted octanol–water partition coefficient (Wildman–Crippen LogP) is 3.07. The molecule has 1 aromatic heterocycles. The molecule has 1 aliphatic rings. The number of cyclic esters (lactones) is 1. The topological polar surface area (TPSA) is 114 Å². The fraction of sp³-hybridized carbons (Fsp3) is 0.192. The second kappa shape index (κ2) is 11.2. The SMILES string of the molecule is CC(=O)NC[C@H]1CN(c2ccc(-c3ccc(CNC(=O)C=Cc4cncnc4)cc3)c(F)c2)C(=O)O1. The number of hydrogen-bond acceptors (Lipinski definition) is 6. The summed E-state index contributed by atoms with van der Waals surface area (Å²) in [5.41, 5.74) is 2.98. The van der Waals surface area contributed by atoms with Crippen molar-refractivity contribution in [2.45, 2.75) is 19.6 Å². The van der Waals surface area contributed by atoms with E-state index in [1.807, 2.05) is 12.1 Å². The Balaban J connectivity index is 1.35. The van der Waals surface area contributed by atoms with E-state index in [0.717, 1.165) is 11.1 Å². The first-order valence-corrected chi connectivity index (χ1v) is 11.2. The average Bonchev–Trinajstić information content (AvgIpc) is 3.26. The van der Waals surface area contributed by atoms with Gasteiger partial charge < -0.3 is 15.4 Å². The fourth-order valence-electron chi connectivity index (χ4n) is 3.62. The smallest absolute Gasteiger partial charge is 0.414 e. The number of hydrogen-bond donors (Lipinski definition) is 2. The van der Waals surface area contributed by atoms with Crippen LogP contribution in [0.2, 0.25) is 0 Å². The van der Waals surface area contributed by atoms with E-state index in [0.29, 0.717) is 23.4 Å². The molecule has 0 aliphatic carbocycles. The Morgan fingerprint density at radius 2 is 1.89 bits per heavy atom. The molecule has 1 atom stereocenters. The van der Waals surface area contributed by atoms with Crippen molar-refractivity contribution < 1.29 is 23.5 Å². The van der Waals surface area contributed by atoms with Crippen molar-refractivity contribution in [2.75, 3.05) is 18.0 Å². The van der Waals surface area contributed by atoms with Gasteiger partial charge in [0.05, 0.1) is 18.8 Å². The lowest BCUT2D eigenvalue weighted by atomic mass is 10.0. The summed E-state index contributed by atoms with van der Waals surface area (Å²) in [5, 5.41) is 5.39. The minimum atomic E-state index is -0.587. The minimum absolute atomic E-state index is 0.198. The highest BCUT2D eigenvalue weighted by atomic mass is 19.1. The van der Waals surface area contributed by atoms with E-state index < -0.39 is 18.0 Å². The quantitative estimate of drug-likeness (QED) is 0.470. The molecule has 0 spiro atoms. The molecule has 4 rings (SSSR count). The van der Waals surface area contributed by atoms with Gasteiger partial charge in [-0.05, 0) is 35.4 Å². The molecular weight excluding hydrogens is 465 g/mol. The number of halogens is 1.